The van der Waals surface area contributed by atoms with E-state index in [1.165, 1.54) is 0 Å². The molecule has 0 atom stereocenters. The van der Waals surface area contributed by atoms with Crippen molar-refractivity contribution in [3.63, 3.8) is 0 Å². The fraction of sp³-hybridized carbons (Fsp3) is 1.00. The summed E-state index contributed by atoms with van der Waals surface area (Å²) in [5, 5.41) is 0. The van der Waals surface area contributed by atoms with Gasteiger partial charge in [-0.25, -0.2) is 0 Å². The van der Waals surface area contributed by atoms with Gasteiger partial charge in [0.1, 0.15) is 0 Å². The molecule has 9 heavy (non-hydrogen) atoms. The summed E-state index contributed by atoms with van der Waals surface area (Å²) in [6.45, 7) is 5.67. The first kappa shape index (κ1) is 37.0. The Hall–Kier alpha value is -0.185. The van der Waals surface area contributed by atoms with Gasteiger partial charge in [-0.1, -0.05) is 0 Å². The largest absolute Gasteiger partial charge is 0.382 e. The lowest BCUT2D eigenvalue weighted by Gasteiger charge is -1.86. The number of hydrogen-bond donors (Lipinski definition) is 0. The molecule has 59 valence electrons. The Kier molecular flexibility index (Phi) is 188. The van der Waals surface area contributed by atoms with Crippen molar-refractivity contribution in [2.45, 2.75) is 13.8 Å². The second-order valence-electron chi connectivity index (χ2n) is 0.781. The first-order chi connectivity index (χ1) is 2.41. The van der Waals surface area contributed by atoms with Crippen molar-refractivity contribution in [1.29, 1.82) is 0 Å². The van der Waals surface area contributed by atoms with Crippen LogP contribution in [0.3, 0.4) is 0 Å². The Labute approximate surface area is 55.5 Å². The standard InChI is InChI=1S/C4H10O.B.3FH/c1-3-5-4-2;;;;/h3-4H2,1-2H3;;3*1H. The SMILES string of the molecule is CCOCC.F.F.F.[B]. The molecule has 0 amide bonds. The number of halogens is 3. The predicted octanol–water partition coefficient (Wildman–Crippen LogP) is 1.12. The van der Waals surface area contributed by atoms with Crippen LogP contribution in [0.25, 0.3) is 0 Å². The van der Waals surface area contributed by atoms with Gasteiger partial charge >= 0.3 is 0 Å². The molecule has 0 N–H and O–H groups in total. The molecule has 0 aromatic rings. The highest BCUT2D eigenvalue weighted by Crippen LogP contribution is 1.64. The van der Waals surface area contributed by atoms with Crippen molar-refractivity contribution in [1.82, 2.24) is 0 Å². The van der Waals surface area contributed by atoms with E-state index in [1.807, 2.05) is 13.8 Å². The Morgan fingerprint density at radius 2 is 1.11 bits per heavy atom. The van der Waals surface area contributed by atoms with E-state index in [0.29, 0.717) is 0 Å². The van der Waals surface area contributed by atoms with Crippen LogP contribution in [0.1, 0.15) is 13.8 Å². The summed E-state index contributed by atoms with van der Waals surface area (Å²) in [5.41, 5.74) is 0. The van der Waals surface area contributed by atoms with Gasteiger partial charge in [-0.3, -0.25) is 14.1 Å². The van der Waals surface area contributed by atoms with Gasteiger partial charge in [0.2, 0.25) is 0 Å². The molecule has 5 heteroatoms. The van der Waals surface area contributed by atoms with Crippen molar-refractivity contribution in [2.24, 2.45) is 0 Å². The molecule has 0 aromatic heterocycles. The van der Waals surface area contributed by atoms with E-state index in [-0.39, 0.29) is 22.5 Å². The van der Waals surface area contributed by atoms with Crippen molar-refractivity contribution < 1.29 is 18.9 Å². The van der Waals surface area contributed by atoms with Crippen LogP contribution in [0.5, 0.6) is 0 Å². The normalized spacial score (nSPS) is 4.67. The zero-order valence-corrected chi connectivity index (χ0v) is 5.62. The lowest BCUT2D eigenvalue weighted by molar-refractivity contribution is 0.162. The van der Waals surface area contributed by atoms with Gasteiger partial charge in [0, 0.05) is 21.6 Å². The molecule has 0 rings (SSSR count). The van der Waals surface area contributed by atoms with Gasteiger partial charge in [0.05, 0.1) is 0 Å². The maximum Gasteiger partial charge on any atom is 0.0437 e. The van der Waals surface area contributed by atoms with Gasteiger partial charge in [0.25, 0.3) is 0 Å². The summed E-state index contributed by atoms with van der Waals surface area (Å²) in [6, 6.07) is 0. The molecule has 0 saturated carbocycles. The van der Waals surface area contributed by atoms with E-state index in [1.54, 1.807) is 0 Å². The molecule has 0 unspecified atom stereocenters. The average molecular weight is 145 g/mol. The molecule has 0 aliphatic carbocycles. The topological polar surface area (TPSA) is 9.23 Å². The molecule has 0 bridgehead atoms. The molecule has 0 aromatic carbocycles. The van der Waals surface area contributed by atoms with Gasteiger partial charge in [-0.15, -0.1) is 0 Å². The highest BCUT2D eigenvalue weighted by molar-refractivity contribution is 5.75. The summed E-state index contributed by atoms with van der Waals surface area (Å²) >= 11 is 0. The van der Waals surface area contributed by atoms with Gasteiger partial charge < -0.3 is 4.74 Å². The molecule has 0 aliphatic heterocycles. The van der Waals surface area contributed by atoms with Crippen LogP contribution in [-0.4, -0.2) is 21.6 Å². The number of rotatable bonds is 2. The molecule has 0 aliphatic rings. The predicted molar refractivity (Wildman–Crippen MR) is 35.4 cm³/mol. The van der Waals surface area contributed by atoms with Crippen LogP contribution in [0.2, 0.25) is 0 Å². The Morgan fingerprint density at radius 1 is 0.889 bits per heavy atom. The third kappa shape index (κ3) is 80.2. The summed E-state index contributed by atoms with van der Waals surface area (Å²) in [5.74, 6) is 0. The zero-order chi connectivity index (χ0) is 4.12. The third-order valence-corrected chi connectivity index (χ3v) is 0.408. The minimum Gasteiger partial charge on any atom is -0.382 e. The van der Waals surface area contributed by atoms with E-state index in [0.717, 1.165) is 13.2 Å². The highest BCUT2D eigenvalue weighted by Gasteiger charge is 1.64. The molecule has 0 saturated heterocycles. The molecule has 0 fully saturated rings. The Balaban J connectivity index is -0.0000000133. The Bertz CT molecular complexity index is 23.3. The summed E-state index contributed by atoms with van der Waals surface area (Å²) in [7, 11) is 0. The van der Waals surface area contributed by atoms with Crippen molar-refractivity contribution in [3.05, 3.63) is 0 Å². The summed E-state index contributed by atoms with van der Waals surface area (Å²) in [6.07, 6.45) is 0. The van der Waals surface area contributed by atoms with Crippen LogP contribution in [0.15, 0.2) is 0 Å². The molecular formula is C4H13BF3O. The van der Waals surface area contributed by atoms with Crippen molar-refractivity contribution in [3.8, 4) is 0 Å². The minimum atomic E-state index is 0. The quantitative estimate of drug-likeness (QED) is 0.529. The summed E-state index contributed by atoms with van der Waals surface area (Å²) < 4.78 is 4.83. The van der Waals surface area contributed by atoms with Crippen LogP contribution in [0, 0.1) is 0 Å². The smallest absolute Gasteiger partial charge is 0.0437 e. The van der Waals surface area contributed by atoms with E-state index in [9.17, 15) is 0 Å². The van der Waals surface area contributed by atoms with Crippen molar-refractivity contribution in [2.75, 3.05) is 13.2 Å². The monoisotopic (exact) mass is 145 g/mol. The van der Waals surface area contributed by atoms with Gasteiger partial charge in [-0.2, -0.15) is 0 Å². The first-order valence-electron chi connectivity index (χ1n) is 1.99. The molecule has 1 nitrogen and oxygen atoms in total. The minimum absolute atomic E-state index is 0. The fourth-order valence-corrected chi connectivity index (χ4v) is 0.204. The maximum atomic E-state index is 4.83. The van der Waals surface area contributed by atoms with Gasteiger partial charge in [-0.05, 0) is 13.8 Å². The molecular weight excluding hydrogens is 132 g/mol. The van der Waals surface area contributed by atoms with E-state index >= 15 is 0 Å². The molecule has 3 radical (unpaired) electrons. The Morgan fingerprint density at radius 3 is 1.11 bits per heavy atom. The lowest BCUT2D eigenvalue weighted by atomic mass is 10.8. The van der Waals surface area contributed by atoms with E-state index in [2.05, 4.69) is 0 Å². The van der Waals surface area contributed by atoms with Crippen LogP contribution in [0.4, 0.5) is 14.1 Å². The first-order valence-corrected chi connectivity index (χ1v) is 1.99. The summed E-state index contributed by atoms with van der Waals surface area (Å²) in [4.78, 5) is 0. The second kappa shape index (κ2) is 45.8. The highest BCUT2D eigenvalue weighted by atomic mass is 19.0. The van der Waals surface area contributed by atoms with Crippen LogP contribution >= 0.6 is 0 Å². The molecule has 0 heterocycles. The van der Waals surface area contributed by atoms with Gasteiger partial charge in [0.15, 0.2) is 0 Å². The number of ether oxygens (including phenoxy) is 1. The van der Waals surface area contributed by atoms with E-state index in [4.69, 9.17) is 4.74 Å². The lowest BCUT2D eigenvalue weighted by Crippen LogP contribution is -1.84. The zero-order valence-electron chi connectivity index (χ0n) is 5.62. The average Bonchev–Trinajstić information content (AvgIpc) is 1.41. The fourth-order valence-electron chi connectivity index (χ4n) is 0.204. The second-order valence-corrected chi connectivity index (χ2v) is 0.781. The maximum absolute atomic E-state index is 4.83. The van der Waals surface area contributed by atoms with Crippen LogP contribution in [-0.2, 0) is 4.74 Å². The van der Waals surface area contributed by atoms with Crippen molar-refractivity contribution >= 4 is 8.41 Å². The van der Waals surface area contributed by atoms with Crippen LogP contribution < -0.4 is 0 Å². The van der Waals surface area contributed by atoms with E-state index < -0.39 is 0 Å². The third-order valence-electron chi connectivity index (χ3n) is 0.408. The number of hydrogen-bond acceptors (Lipinski definition) is 1. The molecule has 0 spiro atoms.